The minimum Gasteiger partial charge on any atom is -0.309 e. The number of rotatable bonds is 7. The lowest BCUT2D eigenvalue weighted by atomic mass is 9.91. The van der Waals surface area contributed by atoms with Crippen LogP contribution >= 0.6 is 0 Å². The van der Waals surface area contributed by atoms with Gasteiger partial charge in [-0.15, -0.1) is 0 Å². The summed E-state index contributed by atoms with van der Waals surface area (Å²) in [6.45, 7) is 1.19. The Hall–Kier alpha value is -2.10. The zero-order valence-electron chi connectivity index (χ0n) is 15.7. The van der Waals surface area contributed by atoms with Crippen LogP contribution in [0.2, 0.25) is 0 Å². The third-order valence-corrected chi connectivity index (χ3v) is 6.77. The zero-order valence-corrected chi connectivity index (χ0v) is 16.6. The van der Waals surface area contributed by atoms with Crippen LogP contribution in [0.1, 0.15) is 24.8 Å². The van der Waals surface area contributed by atoms with Gasteiger partial charge in [-0.05, 0) is 55.4 Å². The summed E-state index contributed by atoms with van der Waals surface area (Å²) in [4.78, 5) is 12.6. The number of aromatic nitrogens is 3. The van der Waals surface area contributed by atoms with Gasteiger partial charge in [0, 0.05) is 45.8 Å². The molecule has 0 amide bonds. The van der Waals surface area contributed by atoms with Crippen molar-refractivity contribution in [3.63, 3.8) is 0 Å². The monoisotopic (exact) mass is 390 g/mol. The molecule has 0 aromatic carbocycles. The van der Waals surface area contributed by atoms with Gasteiger partial charge in [-0.2, -0.15) is 17.0 Å². The fraction of sp³-hybridized carbons (Fsp3) is 0.500. The van der Waals surface area contributed by atoms with Crippen LogP contribution in [0.15, 0.2) is 36.8 Å². The predicted molar refractivity (Wildman–Crippen MR) is 105 cm³/mol. The van der Waals surface area contributed by atoms with Gasteiger partial charge in [0.15, 0.2) is 0 Å². The molecule has 0 spiro atoms. The Kier molecular flexibility index (Phi) is 6.35. The molecule has 2 aromatic rings. The third kappa shape index (κ3) is 5.21. The molecule has 146 valence electrons. The summed E-state index contributed by atoms with van der Waals surface area (Å²) in [5.41, 5.74) is 1.20. The first-order valence-electron chi connectivity index (χ1n) is 9.12. The van der Waals surface area contributed by atoms with Crippen molar-refractivity contribution < 1.29 is 8.42 Å². The van der Waals surface area contributed by atoms with Crippen molar-refractivity contribution in [1.29, 1.82) is 0 Å². The molecule has 1 aliphatic rings. The fourth-order valence-corrected chi connectivity index (χ4v) is 4.34. The van der Waals surface area contributed by atoms with Crippen molar-refractivity contribution in [3.8, 4) is 0 Å². The first-order chi connectivity index (χ1) is 12.9. The standard InChI is InChI=1S/C18H26N6O2S/c1-23(2)27(25,26)24-12-7-15(8-13-24)4-5-16-6-11-19-17(14-16)22-18-20-9-3-10-21-18/h3,6,9-11,14-15H,4-5,7-8,12-13H2,1-2H3,(H,19,20,21,22). The van der Waals surface area contributed by atoms with E-state index in [9.17, 15) is 8.42 Å². The molecular formula is C18H26N6O2S. The van der Waals surface area contributed by atoms with Gasteiger partial charge in [0.25, 0.3) is 10.2 Å². The van der Waals surface area contributed by atoms with Crippen molar-refractivity contribution in [2.24, 2.45) is 5.92 Å². The lowest BCUT2D eigenvalue weighted by molar-refractivity contribution is 0.254. The quantitative estimate of drug-likeness (QED) is 0.778. The number of hydrogen-bond acceptors (Lipinski definition) is 6. The Morgan fingerprint density at radius 1 is 1.15 bits per heavy atom. The topological polar surface area (TPSA) is 91.3 Å². The van der Waals surface area contributed by atoms with E-state index < -0.39 is 10.2 Å². The van der Waals surface area contributed by atoms with E-state index in [1.54, 1.807) is 43.1 Å². The maximum Gasteiger partial charge on any atom is 0.281 e. The predicted octanol–water partition coefficient (Wildman–Crippen LogP) is 2.07. The molecule has 0 aliphatic carbocycles. The second-order valence-electron chi connectivity index (χ2n) is 6.92. The molecule has 0 unspecified atom stereocenters. The number of anilines is 2. The number of aryl methyl sites for hydroxylation is 1. The molecule has 3 heterocycles. The summed E-state index contributed by atoms with van der Waals surface area (Å²) >= 11 is 0. The Labute approximate surface area is 160 Å². The van der Waals surface area contributed by atoms with E-state index in [0.717, 1.165) is 31.5 Å². The third-order valence-electron chi connectivity index (χ3n) is 4.83. The average Bonchev–Trinajstić information content (AvgIpc) is 2.68. The number of pyridine rings is 1. The summed E-state index contributed by atoms with van der Waals surface area (Å²) in [6.07, 6.45) is 8.94. The largest absolute Gasteiger partial charge is 0.309 e. The van der Waals surface area contributed by atoms with Crippen molar-refractivity contribution >= 4 is 22.0 Å². The molecule has 8 nitrogen and oxygen atoms in total. The Morgan fingerprint density at radius 2 is 1.85 bits per heavy atom. The van der Waals surface area contributed by atoms with E-state index >= 15 is 0 Å². The maximum atomic E-state index is 12.2. The molecule has 1 fully saturated rings. The van der Waals surface area contributed by atoms with Gasteiger partial charge in [-0.3, -0.25) is 0 Å². The first-order valence-corrected chi connectivity index (χ1v) is 10.5. The van der Waals surface area contributed by atoms with Gasteiger partial charge >= 0.3 is 0 Å². The molecule has 9 heteroatoms. The molecule has 0 saturated carbocycles. The number of nitrogens with one attached hydrogen (secondary N) is 1. The van der Waals surface area contributed by atoms with Gasteiger partial charge in [0.2, 0.25) is 5.95 Å². The van der Waals surface area contributed by atoms with E-state index in [1.165, 1.54) is 9.87 Å². The molecule has 27 heavy (non-hydrogen) atoms. The van der Waals surface area contributed by atoms with Crippen LogP contribution in [0.25, 0.3) is 0 Å². The molecule has 0 radical (unpaired) electrons. The number of piperidine rings is 1. The van der Waals surface area contributed by atoms with E-state index in [2.05, 4.69) is 20.3 Å². The van der Waals surface area contributed by atoms with Crippen LogP contribution in [0.3, 0.4) is 0 Å². The summed E-state index contributed by atoms with van der Waals surface area (Å²) in [7, 11) is -0.127. The van der Waals surface area contributed by atoms with E-state index in [1.807, 2.05) is 12.1 Å². The highest BCUT2D eigenvalue weighted by molar-refractivity contribution is 7.86. The van der Waals surface area contributed by atoms with Crippen LogP contribution in [-0.2, 0) is 16.6 Å². The van der Waals surface area contributed by atoms with E-state index in [4.69, 9.17) is 0 Å². The van der Waals surface area contributed by atoms with Crippen molar-refractivity contribution in [2.45, 2.75) is 25.7 Å². The van der Waals surface area contributed by atoms with Gasteiger partial charge in [0.1, 0.15) is 5.82 Å². The highest BCUT2D eigenvalue weighted by atomic mass is 32.2. The Morgan fingerprint density at radius 3 is 2.52 bits per heavy atom. The smallest absolute Gasteiger partial charge is 0.281 e. The molecule has 1 aliphatic heterocycles. The minimum atomic E-state index is -3.29. The van der Waals surface area contributed by atoms with Crippen molar-refractivity contribution in [3.05, 3.63) is 42.4 Å². The maximum absolute atomic E-state index is 12.2. The second kappa shape index (κ2) is 8.73. The molecular weight excluding hydrogens is 364 g/mol. The highest BCUT2D eigenvalue weighted by Gasteiger charge is 2.29. The summed E-state index contributed by atoms with van der Waals surface area (Å²) in [5.74, 6) is 1.79. The normalized spacial score (nSPS) is 16.6. The highest BCUT2D eigenvalue weighted by Crippen LogP contribution is 2.25. The minimum absolute atomic E-state index is 0.525. The summed E-state index contributed by atoms with van der Waals surface area (Å²) in [5, 5.41) is 3.10. The van der Waals surface area contributed by atoms with Crippen molar-refractivity contribution in [1.82, 2.24) is 23.6 Å². The SMILES string of the molecule is CN(C)S(=O)(=O)N1CCC(CCc2ccnc(Nc3ncccn3)c2)CC1. The van der Waals surface area contributed by atoms with Gasteiger partial charge in [-0.25, -0.2) is 15.0 Å². The molecule has 0 atom stereocenters. The fourth-order valence-electron chi connectivity index (χ4n) is 3.21. The molecule has 1 saturated heterocycles. The molecule has 0 bridgehead atoms. The Bertz CT molecular complexity index is 836. The first kappa shape index (κ1) is 19.7. The summed E-state index contributed by atoms with van der Waals surface area (Å²) < 4.78 is 27.2. The van der Waals surface area contributed by atoms with Crippen LogP contribution in [0, 0.1) is 5.92 Å². The average molecular weight is 391 g/mol. The van der Waals surface area contributed by atoms with Crippen LogP contribution < -0.4 is 5.32 Å². The van der Waals surface area contributed by atoms with Crippen LogP contribution in [0.5, 0.6) is 0 Å². The Balaban J connectivity index is 1.50. The summed E-state index contributed by atoms with van der Waals surface area (Å²) in [6, 6.07) is 5.80. The lowest BCUT2D eigenvalue weighted by Crippen LogP contribution is -2.44. The van der Waals surface area contributed by atoms with E-state index in [-0.39, 0.29) is 0 Å². The van der Waals surface area contributed by atoms with Crippen LogP contribution in [0.4, 0.5) is 11.8 Å². The van der Waals surface area contributed by atoms with Gasteiger partial charge < -0.3 is 5.32 Å². The zero-order chi connectivity index (χ0) is 19.3. The van der Waals surface area contributed by atoms with Crippen LogP contribution in [-0.4, -0.2) is 59.2 Å². The second-order valence-corrected chi connectivity index (χ2v) is 9.06. The van der Waals surface area contributed by atoms with Gasteiger partial charge in [0.05, 0.1) is 0 Å². The van der Waals surface area contributed by atoms with Gasteiger partial charge in [-0.1, -0.05) is 0 Å². The molecule has 3 rings (SSSR count). The number of nitrogens with zero attached hydrogens (tertiary/aromatic N) is 5. The molecule has 2 aromatic heterocycles. The number of hydrogen-bond donors (Lipinski definition) is 1. The van der Waals surface area contributed by atoms with E-state index in [0.29, 0.717) is 25.0 Å². The van der Waals surface area contributed by atoms with Crippen molar-refractivity contribution in [2.75, 3.05) is 32.5 Å². The molecule has 1 N–H and O–H groups in total. The lowest BCUT2D eigenvalue weighted by Gasteiger charge is -2.32.